The van der Waals surface area contributed by atoms with E-state index in [0.29, 0.717) is 6.54 Å². The molecule has 0 bridgehead atoms. The van der Waals surface area contributed by atoms with Crippen LogP contribution in [0.1, 0.15) is 47.3 Å². The van der Waals surface area contributed by atoms with Crippen molar-refractivity contribution in [2.45, 2.75) is 41.0 Å². The monoisotopic (exact) mass is 273 g/mol. The lowest BCUT2D eigenvalue weighted by Gasteiger charge is -2.18. The highest BCUT2D eigenvalue weighted by Crippen LogP contribution is 2.24. The molecule has 1 aromatic carbocycles. The average Bonchev–Trinajstić information content (AvgIpc) is 2.82. The summed E-state index contributed by atoms with van der Waals surface area (Å²) in [4.78, 5) is 14.8. The van der Waals surface area contributed by atoms with Gasteiger partial charge in [-0.1, -0.05) is 19.9 Å². The van der Waals surface area contributed by atoms with Crippen molar-refractivity contribution in [3.63, 3.8) is 0 Å². The van der Waals surface area contributed by atoms with E-state index in [1.54, 1.807) is 0 Å². The highest BCUT2D eigenvalue weighted by molar-refractivity contribution is 5.99. The van der Waals surface area contributed by atoms with Gasteiger partial charge in [-0.25, -0.2) is 0 Å². The molecule has 2 rings (SSSR count). The molecule has 2 nitrogen and oxygen atoms in total. The molecule has 0 aromatic heterocycles. The van der Waals surface area contributed by atoms with E-state index in [4.69, 9.17) is 0 Å². The maximum absolute atomic E-state index is 12.5. The van der Waals surface area contributed by atoms with Gasteiger partial charge in [0.15, 0.2) is 5.78 Å². The number of ketones is 1. The van der Waals surface area contributed by atoms with Gasteiger partial charge in [-0.15, -0.1) is 0 Å². The Morgan fingerprint density at radius 1 is 1.20 bits per heavy atom. The number of hydrogen-bond acceptors (Lipinski definition) is 2. The lowest BCUT2D eigenvalue weighted by atomic mass is 9.95. The van der Waals surface area contributed by atoms with Crippen LogP contribution in [0.2, 0.25) is 0 Å². The third-order valence-electron chi connectivity index (χ3n) is 4.76. The van der Waals surface area contributed by atoms with Crippen LogP contribution in [0.15, 0.2) is 12.1 Å². The van der Waals surface area contributed by atoms with Crippen molar-refractivity contribution in [3.8, 4) is 0 Å². The normalized spacial score (nSPS) is 19.8. The van der Waals surface area contributed by atoms with Crippen molar-refractivity contribution >= 4 is 5.78 Å². The van der Waals surface area contributed by atoms with Crippen LogP contribution in [0.5, 0.6) is 0 Å². The minimum Gasteiger partial charge on any atom is -0.296 e. The van der Waals surface area contributed by atoms with E-state index >= 15 is 0 Å². The van der Waals surface area contributed by atoms with E-state index < -0.39 is 0 Å². The molecule has 110 valence electrons. The van der Waals surface area contributed by atoms with Crippen molar-refractivity contribution in [1.82, 2.24) is 4.90 Å². The van der Waals surface area contributed by atoms with Crippen molar-refractivity contribution < 1.29 is 4.79 Å². The lowest BCUT2D eigenvalue weighted by molar-refractivity contribution is 0.0941. The van der Waals surface area contributed by atoms with Gasteiger partial charge in [0.1, 0.15) is 0 Å². The number of likely N-dealkylation sites (tertiary alicyclic amines) is 1. The van der Waals surface area contributed by atoms with Crippen LogP contribution in [0, 0.1) is 32.6 Å². The first-order valence-corrected chi connectivity index (χ1v) is 7.72. The molecule has 1 aliphatic rings. The van der Waals surface area contributed by atoms with Gasteiger partial charge in [0, 0.05) is 12.1 Å². The molecule has 1 aliphatic heterocycles. The quantitative estimate of drug-likeness (QED) is 0.778. The second-order valence-electron chi connectivity index (χ2n) is 6.70. The van der Waals surface area contributed by atoms with Crippen LogP contribution in [0.25, 0.3) is 0 Å². The standard InChI is InChI=1S/C18H27NO/c1-12(2)16-6-7-19(10-16)11-18(20)17-9-14(4)13(3)8-15(17)5/h8-9,12,16H,6-7,10-11H2,1-5H3. The Hall–Kier alpha value is -1.15. The van der Waals surface area contributed by atoms with Crippen molar-refractivity contribution in [2.24, 2.45) is 11.8 Å². The van der Waals surface area contributed by atoms with Gasteiger partial charge in [-0.3, -0.25) is 9.69 Å². The van der Waals surface area contributed by atoms with E-state index in [1.165, 1.54) is 17.5 Å². The van der Waals surface area contributed by atoms with E-state index in [2.05, 4.69) is 44.7 Å². The van der Waals surface area contributed by atoms with E-state index in [0.717, 1.165) is 36.1 Å². The number of benzene rings is 1. The van der Waals surface area contributed by atoms with Crippen molar-refractivity contribution in [2.75, 3.05) is 19.6 Å². The molecule has 0 amide bonds. The number of carbonyl (C=O) groups excluding carboxylic acids is 1. The highest BCUT2D eigenvalue weighted by atomic mass is 16.1. The SMILES string of the molecule is Cc1cc(C)c(C(=O)CN2CCC(C(C)C)C2)cc1C. The Bertz CT molecular complexity index is 504. The predicted molar refractivity (Wildman–Crippen MR) is 84.4 cm³/mol. The first kappa shape index (κ1) is 15.2. The summed E-state index contributed by atoms with van der Waals surface area (Å²) in [5.41, 5.74) is 4.49. The van der Waals surface area contributed by atoms with Crippen LogP contribution in [0.3, 0.4) is 0 Å². The van der Waals surface area contributed by atoms with Crippen LogP contribution in [0.4, 0.5) is 0 Å². The van der Waals surface area contributed by atoms with Crippen LogP contribution in [-0.2, 0) is 0 Å². The molecule has 1 saturated heterocycles. The number of Topliss-reactive ketones (excluding diaryl/α,β-unsaturated/α-hetero) is 1. The zero-order chi connectivity index (χ0) is 14.9. The highest BCUT2D eigenvalue weighted by Gasteiger charge is 2.26. The van der Waals surface area contributed by atoms with Crippen LogP contribution in [-0.4, -0.2) is 30.3 Å². The summed E-state index contributed by atoms with van der Waals surface area (Å²) in [5, 5.41) is 0. The molecule has 0 saturated carbocycles. The van der Waals surface area contributed by atoms with Crippen molar-refractivity contribution in [3.05, 3.63) is 34.4 Å². The molecule has 1 aromatic rings. The fourth-order valence-electron chi connectivity index (χ4n) is 3.10. The summed E-state index contributed by atoms with van der Waals surface area (Å²) in [5.74, 6) is 1.75. The molecule has 1 heterocycles. The molecular formula is C18H27NO. The van der Waals surface area contributed by atoms with Gasteiger partial charge in [0.05, 0.1) is 6.54 Å². The minimum absolute atomic E-state index is 0.273. The summed E-state index contributed by atoms with van der Waals surface area (Å²) in [7, 11) is 0. The third kappa shape index (κ3) is 3.29. The second-order valence-corrected chi connectivity index (χ2v) is 6.70. The first-order valence-electron chi connectivity index (χ1n) is 7.72. The Morgan fingerprint density at radius 2 is 1.85 bits per heavy atom. The molecule has 0 aliphatic carbocycles. The summed E-state index contributed by atoms with van der Waals surface area (Å²) in [6.07, 6.45) is 1.23. The Balaban J connectivity index is 2.04. The summed E-state index contributed by atoms with van der Waals surface area (Å²) >= 11 is 0. The number of nitrogens with zero attached hydrogens (tertiary/aromatic N) is 1. The maximum Gasteiger partial charge on any atom is 0.177 e. The van der Waals surface area contributed by atoms with E-state index in [1.807, 2.05) is 6.92 Å². The third-order valence-corrected chi connectivity index (χ3v) is 4.76. The Labute approximate surface area is 123 Å². The van der Waals surface area contributed by atoms with Gasteiger partial charge >= 0.3 is 0 Å². The van der Waals surface area contributed by atoms with Gasteiger partial charge in [-0.2, -0.15) is 0 Å². The molecule has 0 radical (unpaired) electrons. The molecule has 1 unspecified atom stereocenters. The zero-order valence-electron chi connectivity index (χ0n) is 13.5. The van der Waals surface area contributed by atoms with Gasteiger partial charge in [0.2, 0.25) is 0 Å². The number of rotatable bonds is 4. The number of aryl methyl sites for hydroxylation is 3. The summed E-state index contributed by atoms with van der Waals surface area (Å²) in [6.45, 7) is 13.5. The molecule has 2 heteroatoms. The first-order chi connectivity index (χ1) is 9.38. The van der Waals surface area contributed by atoms with Gasteiger partial charge in [0.25, 0.3) is 0 Å². The Kier molecular flexibility index (Phi) is 4.64. The summed E-state index contributed by atoms with van der Waals surface area (Å²) in [6, 6.07) is 4.19. The van der Waals surface area contributed by atoms with E-state index in [9.17, 15) is 4.79 Å². The Morgan fingerprint density at radius 3 is 2.45 bits per heavy atom. The molecule has 0 N–H and O–H groups in total. The number of hydrogen-bond donors (Lipinski definition) is 0. The zero-order valence-corrected chi connectivity index (χ0v) is 13.5. The van der Waals surface area contributed by atoms with Crippen LogP contribution >= 0.6 is 0 Å². The molecule has 0 spiro atoms. The largest absolute Gasteiger partial charge is 0.296 e. The van der Waals surface area contributed by atoms with Gasteiger partial charge in [-0.05, 0) is 68.3 Å². The minimum atomic E-state index is 0.273. The summed E-state index contributed by atoms with van der Waals surface area (Å²) < 4.78 is 0. The lowest BCUT2D eigenvalue weighted by Crippen LogP contribution is -2.29. The fourth-order valence-corrected chi connectivity index (χ4v) is 3.10. The van der Waals surface area contributed by atoms with Crippen molar-refractivity contribution in [1.29, 1.82) is 0 Å². The fraction of sp³-hybridized carbons (Fsp3) is 0.611. The smallest absolute Gasteiger partial charge is 0.177 e. The molecule has 1 atom stereocenters. The average molecular weight is 273 g/mol. The predicted octanol–water partition coefficient (Wildman–Crippen LogP) is 3.77. The van der Waals surface area contributed by atoms with Gasteiger partial charge < -0.3 is 0 Å². The maximum atomic E-state index is 12.5. The van der Waals surface area contributed by atoms with E-state index in [-0.39, 0.29) is 5.78 Å². The molecule has 1 fully saturated rings. The molecular weight excluding hydrogens is 246 g/mol. The topological polar surface area (TPSA) is 20.3 Å². The van der Waals surface area contributed by atoms with Crippen LogP contribution < -0.4 is 0 Å². The number of carbonyl (C=O) groups is 1. The molecule has 20 heavy (non-hydrogen) atoms. The second kappa shape index (κ2) is 6.09.